The van der Waals surface area contributed by atoms with Crippen LogP contribution >= 0.6 is 31.9 Å². The van der Waals surface area contributed by atoms with E-state index in [0.29, 0.717) is 59.7 Å². The molecular weight excluding hydrogens is 716 g/mol. The van der Waals surface area contributed by atoms with Crippen LogP contribution < -0.4 is 5.32 Å². The molecule has 0 aromatic heterocycles. The van der Waals surface area contributed by atoms with Gasteiger partial charge in [-0.25, -0.2) is 4.79 Å². The predicted molar refractivity (Wildman–Crippen MR) is 184 cm³/mol. The molecule has 46 heavy (non-hydrogen) atoms. The van der Waals surface area contributed by atoms with E-state index in [1.54, 1.807) is 0 Å². The van der Waals surface area contributed by atoms with Gasteiger partial charge in [0.05, 0.1) is 14.9 Å². The second-order valence-electron chi connectivity index (χ2n) is 13.3. The Balaban J connectivity index is 1.09. The predicted octanol–water partition coefficient (Wildman–Crippen LogP) is 6.21. The monoisotopic (exact) mass is 758 g/mol. The highest BCUT2D eigenvalue weighted by molar-refractivity contribution is 9.11. The molecule has 3 fully saturated rings. The molecule has 9 nitrogen and oxygen atoms in total. The molecule has 4 aliphatic rings. The first-order valence-electron chi connectivity index (χ1n) is 16.7. The first kappa shape index (κ1) is 33.3. The highest BCUT2D eigenvalue weighted by Crippen LogP contribution is 2.36. The number of likely N-dealkylation sites (tertiary alicyclic amines) is 2. The van der Waals surface area contributed by atoms with Crippen LogP contribution in [0.5, 0.6) is 5.75 Å². The number of para-hydroxylation sites is 1. The largest absolute Gasteiger partial charge is 0.506 e. The van der Waals surface area contributed by atoms with Crippen LogP contribution in [0.1, 0.15) is 56.1 Å². The molecule has 4 heterocycles. The summed E-state index contributed by atoms with van der Waals surface area (Å²) in [7, 11) is 0. The second kappa shape index (κ2) is 15.1. The summed E-state index contributed by atoms with van der Waals surface area (Å²) in [5.74, 6) is 0.937. The number of rotatable bonds is 7. The summed E-state index contributed by atoms with van der Waals surface area (Å²) in [5, 5.41) is 13.3. The van der Waals surface area contributed by atoms with Crippen molar-refractivity contribution in [3.8, 4) is 5.75 Å². The maximum absolute atomic E-state index is 14.1. The Morgan fingerprint density at radius 1 is 0.891 bits per heavy atom. The average Bonchev–Trinajstić information content (AvgIpc) is 3.25. The summed E-state index contributed by atoms with van der Waals surface area (Å²) < 4.78 is 6.67. The van der Waals surface area contributed by atoms with E-state index in [-0.39, 0.29) is 36.1 Å². The molecule has 0 radical (unpaired) electrons. The fraction of sp³-hybridized carbons (Fsp3) is 0.571. The molecule has 0 aliphatic carbocycles. The third-order valence-electron chi connectivity index (χ3n) is 10.5. The number of nitrogens with one attached hydrogen (secondary N) is 1. The van der Waals surface area contributed by atoms with Gasteiger partial charge in [-0.05, 0) is 124 Å². The molecule has 3 saturated heterocycles. The molecule has 4 aliphatic heterocycles. The number of halogens is 2. The van der Waals surface area contributed by atoms with Gasteiger partial charge in [-0.3, -0.25) is 9.59 Å². The van der Waals surface area contributed by atoms with Gasteiger partial charge in [0.25, 0.3) is 0 Å². The molecule has 0 unspecified atom stereocenters. The van der Waals surface area contributed by atoms with Gasteiger partial charge in [-0.15, -0.1) is 0 Å². The number of benzene rings is 2. The fourth-order valence-electron chi connectivity index (χ4n) is 7.81. The molecule has 6 rings (SSSR count). The summed E-state index contributed by atoms with van der Waals surface area (Å²) in [6.45, 7) is 4.90. The lowest BCUT2D eigenvalue weighted by atomic mass is 9.79. The lowest BCUT2D eigenvalue weighted by Crippen LogP contribution is -2.50. The molecule has 1 atom stereocenters. The number of carbonyl (C=O) groups is 3. The SMILES string of the molecule is O=C(C[C@H](Cc1cc(Br)c(O)c(Br)c1)C(=O)N1CCC(C2CCOCC2)CC1)N1CCC(N2CCc3ccccc3NC2=O)CC1. The number of phenolic OH excluding ortho intramolecular Hbond substituents is 1. The van der Waals surface area contributed by atoms with Gasteiger partial charge >= 0.3 is 6.03 Å². The zero-order valence-corrected chi connectivity index (χ0v) is 29.4. The van der Waals surface area contributed by atoms with E-state index in [0.717, 1.165) is 75.2 Å². The van der Waals surface area contributed by atoms with E-state index in [4.69, 9.17) is 4.74 Å². The standard InChI is InChI=1S/C35H44Br2N4O5/c36-29-20-23(21-30(37)33(29)43)19-27(34(44)40-12-5-24(6-13-40)25-10-17-46-18-11-25)22-32(42)39-14-8-28(9-15-39)41-16-7-26-3-1-2-4-31(26)38-35(41)45/h1-4,20-21,24-25,27-28,43H,5-19,22H2,(H,38,45)/t27-/m0/s1. The van der Waals surface area contributed by atoms with Gasteiger partial charge < -0.3 is 29.9 Å². The summed E-state index contributed by atoms with van der Waals surface area (Å²) in [6.07, 6.45) is 6.98. The number of fused-ring (bicyclic) bond motifs is 1. The fourth-order valence-corrected chi connectivity index (χ4v) is 9.09. The number of hydrogen-bond donors (Lipinski definition) is 2. The Hall–Kier alpha value is -2.63. The summed E-state index contributed by atoms with van der Waals surface area (Å²) in [5.41, 5.74) is 2.90. The quantitative estimate of drug-likeness (QED) is 0.350. The normalized spacial score (nSPS) is 21.0. The minimum absolute atomic E-state index is 0.0153. The van der Waals surface area contributed by atoms with Gasteiger partial charge in [0.15, 0.2) is 0 Å². The topological polar surface area (TPSA) is 102 Å². The van der Waals surface area contributed by atoms with Crippen molar-refractivity contribution >= 4 is 55.4 Å². The van der Waals surface area contributed by atoms with E-state index in [1.165, 1.54) is 0 Å². The van der Waals surface area contributed by atoms with Crippen molar-refractivity contribution in [2.24, 2.45) is 17.8 Å². The van der Waals surface area contributed by atoms with Crippen LogP contribution in [-0.4, -0.2) is 89.6 Å². The van der Waals surface area contributed by atoms with Gasteiger partial charge in [-0.1, -0.05) is 18.2 Å². The molecule has 11 heteroatoms. The van der Waals surface area contributed by atoms with E-state index >= 15 is 0 Å². The Morgan fingerprint density at radius 2 is 1.52 bits per heavy atom. The van der Waals surface area contributed by atoms with Gasteiger partial charge in [0, 0.05) is 64.1 Å². The van der Waals surface area contributed by atoms with Crippen LogP contribution in [0.2, 0.25) is 0 Å². The molecule has 0 bridgehead atoms. The Morgan fingerprint density at radius 3 is 2.22 bits per heavy atom. The minimum atomic E-state index is -0.497. The summed E-state index contributed by atoms with van der Waals surface area (Å²) in [4.78, 5) is 46.7. The molecule has 4 amide bonds. The lowest BCUT2D eigenvalue weighted by molar-refractivity contribution is -0.143. The summed E-state index contributed by atoms with van der Waals surface area (Å²) in [6, 6.07) is 11.6. The van der Waals surface area contributed by atoms with Crippen molar-refractivity contribution in [2.75, 3.05) is 51.3 Å². The van der Waals surface area contributed by atoms with Crippen molar-refractivity contribution in [3.63, 3.8) is 0 Å². The Bertz CT molecular complexity index is 1390. The highest BCUT2D eigenvalue weighted by Gasteiger charge is 2.36. The number of carbonyl (C=O) groups excluding carboxylic acids is 3. The lowest BCUT2D eigenvalue weighted by Gasteiger charge is -2.39. The van der Waals surface area contributed by atoms with Crippen molar-refractivity contribution in [1.29, 1.82) is 0 Å². The molecule has 0 saturated carbocycles. The molecule has 2 aromatic rings. The number of amides is 4. The van der Waals surface area contributed by atoms with Crippen LogP contribution in [0, 0.1) is 17.8 Å². The second-order valence-corrected chi connectivity index (χ2v) is 15.0. The first-order chi connectivity index (χ1) is 22.3. The number of anilines is 1. The smallest absolute Gasteiger partial charge is 0.322 e. The number of aromatic hydroxyl groups is 1. The molecule has 0 spiro atoms. The maximum Gasteiger partial charge on any atom is 0.322 e. The van der Waals surface area contributed by atoms with E-state index in [9.17, 15) is 19.5 Å². The third-order valence-corrected chi connectivity index (χ3v) is 11.7. The zero-order valence-electron chi connectivity index (χ0n) is 26.3. The van der Waals surface area contributed by atoms with Crippen LogP contribution in [0.4, 0.5) is 10.5 Å². The number of hydrogen-bond acceptors (Lipinski definition) is 5. The Kier molecular flexibility index (Phi) is 10.9. The third kappa shape index (κ3) is 7.73. The van der Waals surface area contributed by atoms with Crippen LogP contribution in [0.25, 0.3) is 0 Å². The van der Waals surface area contributed by atoms with E-state index in [1.807, 2.05) is 45.0 Å². The van der Waals surface area contributed by atoms with Crippen molar-refractivity contribution < 1.29 is 24.2 Å². The van der Waals surface area contributed by atoms with Crippen molar-refractivity contribution in [1.82, 2.24) is 14.7 Å². The number of nitrogens with zero attached hydrogens (tertiary/aromatic N) is 3. The molecule has 2 N–H and O–H groups in total. The van der Waals surface area contributed by atoms with E-state index < -0.39 is 5.92 Å². The molecule has 248 valence electrons. The van der Waals surface area contributed by atoms with Gasteiger partial charge in [0.1, 0.15) is 5.75 Å². The van der Waals surface area contributed by atoms with Crippen LogP contribution in [0.15, 0.2) is 45.3 Å². The van der Waals surface area contributed by atoms with Crippen molar-refractivity contribution in [2.45, 2.75) is 63.8 Å². The van der Waals surface area contributed by atoms with Crippen LogP contribution in [-0.2, 0) is 27.2 Å². The Labute approximate surface area is 288 Å². The first-order valence-corrected chi connectivity index (χ1v) is 18.3. The van der Waals surface area contributed by atoms with Gasteiger partial charge in [0.2, 0.25) is 11.8 Å². The molecule has 2 aromatic carbocycles. The van der Waals surface area contributed by atoms with Gasteiger partial charge in [-0.2, -0.15) is 0 Å². The van der Waals surface area contributed by atoms with E-state index in [2.05, 4.69) is 43.2 Å². The average molecular weight is 761 g/mol. The number of urea groups is 1. The molecular formula is C35H44Br2N4O5. The summed E-state index contributed by atoms with van der Waals surface area (Å²) >= 11 is 6.84. The van der Waals surface area contributed by atoms with Crippen molar-refractivity contribution in [3.05, 3.63) is 56.5 Å². The number of phenols is 1. The minimum Gasteiger partial charge on any atom is -0.506 e. The number of piperidine rings is 2. The maximum atomic E-state index is 14.1. The van der Waals surface area contributed by atoms with Crippen LogP contribution in [0.3, 0.4) is 0 Å². The highest BCUT2D eigenvalue weighted by atomic mass is 79.9. The number of ether oxygens (including phenoxy) is 1. The zero-order chi connectivity index (χ0) is 32.2.